The molecule has 0 aromatic heterocycles. The van der Waals surface area contributed by atoms with Crippen molar-refractivity contribution in [1.82, 2.24) is 4.90 Å². The highest BCUT2D eigenvalue weighted by Crippen LogP contribution is 2.15. The highest BCUT2D eigenvalue weighted by atomic mass is 16.5. The van der Waals surface area contributed by atoms with Crippen molar-refractivity contribution in [2.75, 3.05) is 32.8 Å². The van der Waals surface area contributed by atoms with Crippen LogP contribution in [0.4, 0.5) is 0 Å². The van der Waals surface area contributed by atoms with E-state index in [2.05, 4.69) is 11.8 Å². The van der Waals surface area contributed by atoms with Crippen molar-refractivity contribution in [2.24, 2.45) is 5.92 Å². The third kappa shape index (κ3) is 4.07. The summed E-state index contributed by atoms with van der Waals surface area (Å²) in [5, 5.41) is 8.40. The lowest BCUT2D eigenvalue weighted by molar-refractivity contribution is -0.138. The average Bonchev–Trinajstić information content (AvgIpc) is 2.60. The van der Waals surface area contributed by atoms with Crippen molar-refractivity contribution in [1.29, 1.82) is 0 Å². The van der Waals surface area contributed by atoms with Gasteiger partial charge in [0.15, 0.2) is 0 Å². The first kappa shape index (κ1) is 11.5. The van der Waals surface area contributed by atoms with E-state index >= 15 is 0 Å². The van der Waals surface area contributed by atoms with Crippen LogP contribution >= 0.6 is 0 Å². The highest BCUT2D eigenvalue weighted by Gasteiger charge is 2.20. The Morgan fingerprint density at radius 2 is 2.43 bits per heavy atom. The molecular formula is C10H19NO3. The predicted octanol–water partition coefficient (Wildman–Crippen LogP) is 0.820. The Bertz CT molecular complexity index is 184. The minimum Gasteiger partial charge on any atom is -0.481 e. The fourth-order valence-electron chi connectivity index (χ4n) is 1.75. The van der Waals surface area contributed by atoms with Gasteiger partial charge < -0.3 is 14.7 Å². The first-order valence-corrected chi connectivity index (χ1v) is 5.24. The molecule has 1 rings (SSSR count). The zero-order chi connectivity index (χ0) is 10.4. The van der Waals surface area contributed by atoms with E-state index in [0.29, 0.717) is 19.1 Å². The van der Waals surface area contributed by atoms with Gasteiger partial charge in [-0.3, -0.25) is 4.79 Å². The minimum atomic E-state index is -0.786. The molecule has 0 radical (unpaired) electrons. The van der Waals surface area contributed by atoms with E-state index in [-0.39, 0.29) is 6.42 Å². The number of hydrogen-bond donors (Lipinski definition) is 1. The maximum atomic E-state index is 10.2. The monoisotopic (exact) mass is 201 g/mol. The molecule has 4 heteroatoms. The number of ether oxygens (including phenoxy) is 1. The quantitative estimate of drug-likeness (QED) is 0.646. The zero-order valence-electron chi connectivity index (χ0n) is 8.74. The van der Waals surface area contributed by atoms with Crippen molar-refractivity contribution < 1.29 is 14.6 Å². The smallest absolute Gasteiger partial charge is 0.305 e. The second kappa shape index (κ2) is 5.98. The molecule has 1 saturated heterocycles. The lowest BCUT2D eigenvalue weighted by Crippen LogP contribution is -2.21. The second-order valence-electron chi connectivity index (χ2n) is 3.77. The third-order valence-electron chi connectivity index (χ3n) is 2.63. The summed E-state index contributed by atoms with van der Waals surface area (Å²) in [7, 11) is 0. The van der Waals surface area contributed by atoms with E-state index in [1.54, 1.807) is 0 Å². The van der Waals surface area contributed by atoms with Crippen LogP contribution in [0, 0.1) is 5.92 Å². The first-order valence-electron chi connectivity index (χ1n) is 5.24. The number of aliphatic carboxylic acids is 1. The Morgan fingerprint density at radius 1 is 1.64 bits per heavy atom. The number of carboxylic acid groups (broad SMARTS) is 1. The van der Waals surface area contributed by atoms with E-state index < -0.39 is 5.97 Å². The van der Waals surface area contributed by atoms with Gasteiger partial charge in [-0.1, -0.05) is 6.92 Å². The van der Waals surface area contributed by atoms with Gasteiger partial charge in [-0.2, -0.15) is 0 Å². The maximum absolute atomic E-state index is 10.2. The molecule has 14 heavy (non-hydrogen) atoms. The number of carboxylic acids is 1. The lowest BCUT2D eigenvalue weighted by Gasteiger charge is -2.12. The molecule has 0 aromatic carbocycles. The molecule has 1 fully saturated rings. The van der Waals surface area contributed by atoms with E-state index in [4.69, 9.17) is 9.84 Å². The van der Waals surface area contributed by atoms with Gasteiger partial charge in [0.05, 0.1) is 19.6 Å². The Hall–Kier alpha value is -0.610. The Morgan fingerprint density at radius 3 is 3.00 bits per heavy atom. The molecule has 1 unspecified atom stereocenters. The van der Waals surface area contributed by atoms with Gasteiger partial charge in [0.25, 0.3) is 0 Å². The molecule has 4 nitrogen and oxygen atoms in total. The van der Waals surface area contributed by atoms with Crippen molar-refractivity contribution in [3.63, 3.8) is 0 Å². The van der Waals surface area contributed by atoms with Gasteiger partial charge in [-0.15, -0.1) is 0 Å². The number of hydrogen-bond acceptors (Lipinski definition) is 3. The van der Waals surface area contributed by atoms with Crippen LogP contribution in [-0.2, 0) is 9.53 Å². The topological polar surface area (TPSA) is 49.8 Å². The van der Waals surface area contributed by atoms with E-state index in [9.17, 15) is 4.79 Å². The van der Waals surface area contributed by atoms with Crippen molar-refractivity contribution >= 4 is 5.97 Å². The van der Waals surface area contributed by atoms with Gasteiger partial charge in [-0.05, 0) is 25.4 Å². The van der Waals surface area contributed by atoms with Crippen LogP contribution in [0.1, 0.15) is 19.8 Å². The van der Waals surface area contributed by atoms with Gasteiger partial charge in [0, 0.05) is 6.54 Å². The SMILES string of the molecule is CCN1CCC(COCCC(=O)O)C1. The second-order valence-corrected chi connectivity index (χ2v) is 3.77. The molecule has 0 saturated carbocycles. The molecule has 1 atom stereocenters. The molecular weight excluding hydrogens is 182 g/mol. The summed E-state index contributed by atoms with van der Waals surface area (Å²) in [5.74, 6) is -0.185. The van der Waals surface area contributed by atoms with Crippen LogP contribution in [-0.4, -0.2) is 48.8 Å². The standard InChI is InChI=1S/C10H19NO3/c1-2-11-5-3-9(7-11)8-14-6-4-10(12)13/h9H,2-8H2,1H3,(H,12,13). The van der Waals surface area contributed by atoms with Gasteiger partial charge >= 0.3 is 5.97 Å². The number of likely N-dealkylation sites (tertiary alicyclic amines) is 1. The molecule has 0 spiro atoms. The van der Waals surface area contributed by atoms with Gasteiger partial charge in [0.1, 0.15) is 0 Å². The largest absolute Gasteiger partial charge is 0.481 e. The summed E-state index contributed by atoms with van der Waals surface area (Å²) in [5.41, 5.74) is 0. The normalized spacial score (nSPS) is 22.8. The van der Waals surface area contributed by atoms with Crippen LogP contribution in [0.3, 0.4) is 0 Å². The summed E-state index contributed by atoms with van der Waals surface area (Å²) < 4.78 is 5.31. The Kier molecular flexibility index (Phi) is 4.90. The Balaban J connectivity index is 2.00. The van der Waals surface area contributed by atoms with E-state index in [1.165, 1.54) is 6.42 Å². The molecule has 0 amide bonds. The Labute approximate surface area is 84.8 Å². The molecule has 1 N–H and O–H groups in total. The fraction of sp³-hybridized carbons (Fsp3) is 0.900. The molecule has 0 aromatic rings. The average molecular weight is 201 g/mol. The summed E-state index contributed by atoms with van der Waals surface area (Å²) in [6.07, 6.45) is 1.30. The maximum Gasteiger partial charge on any atom is 0.305 e. The van der Waals surface area contributed by atoms with Crippen LogP contribution in [0.15, 0.2) is 0 Å². The third-order valence-corrected chi connectivity index (χ3v) is 2.63. The number of rotatable bonds is 6. The molecule has 0 aliphatic carbocycles. The lowest BCUT2D eigenvalue weighted by atomic mass is 10.1. The summed E-state index contributed by atoms with van der Waals surface area (Å²) in [6, 6.07) is 0. The molecule has 1 heterocycles. The first-order chi connectivity index (χ1) is 6.72. The van der Waals surface area contributed by atoms with Crippen LogP contribution in [0.25, 0.3) is 0 Å². The van der Waals surface area contributed by atoms with Crippen LogP contribution in [0.5, 0.6) is 0 Å². The summed E-state index contributed by atoms with van der Waals surface area (Å²) >= 11 is 0. The van der Waals surface area contributed by atoms with Crippen LogP contribution in [0.2, 0.25) is 0 Å². The number of nitrogens with zero attached hydrogens (tertiary/aromatic N) is 1. The van der Waals surface area contributed by atoms with Gasteiger partial charge in [0.2, 0.25) is 0 Å². The molecule has 82 valence electrons. The minimum absolute atomic E-state index is 0.115. The summed E-state index contributed by atoms with van der Waals surface area (Å²) in [6.45, 7) is 6.58. The molecule has 1 aliphatic rings. The van der Waals surface area contributed by atoms with Crippen molar-refractivity contribution in [3.8, 4) is 0 Å². The van der Waals surface area contributed by atoms with Gasteiger partial charge in [-0.25, -0.2) is 0 Å². The molecule has 1 aliphatic heterocycles. The molecule has 0 bridgehead atoms. The van der Waals surface area contributed by atoms with Crippen molar-refractivity contribution in [3.05, 3.63) is 0 Å². The van der Waals surface area contributed by atoms with E-state index in [1.807, 2.05) is 0 Å². The fourth-order valence-corrected chi connectivity index (χ4v) is 1.75. The zero-order valence-corrected chi connectivity index (χ0v) is 8.74. The van der Waals surface area contributed by atoms with Crippen molar-refractivity contribution in [2.45, 2.75) is 19.8 Å². The summed E-state index contributed by atoms with van der Waals surface area (Å²) in [4.78, 5) is 12.6. The predicted molar refractivity (Wildman–Crippen MR) is 53.3 cm³/mol. The number of carbonyl (C=O) groups is 1. The highest BCUT2D eigenvalue weighted by molar-refractivity contribution is 5.66. The van der Waals surface area contributed by atoms with E-state index in [0.717, 1.165) is 19.6 Å². The van der Waals surface area contributed by atoms with Crippen LogP contribution < -0.4 is 0 Å².